The minimum atomic E-state index is 0.707. The quantitative estimate of drug-likeness (QED) is 0.432. The van der Waals surface area contributed by atoms with Crippen LogP contribution >= 0.6 is 0 Å². The van der Waals surface area contributed by atoms with Crippen molar-refractivity contribution in [3.8, 4) is 0 Å². The molecule has 0 amide bonds. The molecule has 0 N–H and O–H groups in total. The third kappa shape index (κ3) is 1.98. The minimum absolute atomic E-state index is 0.707. The van der Waals surface area contributed by atoms with Crippen molar-refractivity contribution in [2.45, 2.75) is 32.6 Å². The van der Waals surface area contributed by atoms with E-state index in [0.717, 1.165) is 18.6 Å². The van der Waals surface area contributed by atoms with Crippen molar-refractivity contribution >= 4 is 6.29 Å². The largest absolute Gasteiger partial charge is 0.303 e. The highest BCUT2D eigenvalue weighted by atomic mass is 16.1. The fraction of sp³-hybridized carbons (Fsp3) is 0.667. The van der Waals surface area contributed by atoms with Crippen LogP contribution in [0.2, 0.25) is 0 Å². The fourth-order valence-corrected chi connectivity index (χ4v) is 1.43. The first kappa shape index (κ1) is 7.52. The molecule has 10 heavy (non-hydrogen) atoms. The molecule has 0 fully saturated rings. The Labute approximate surface area is 62.1 Å². The molecule has 1 nitrogen and oxygen atoms in total. The Bertz CT molecular complexity index is 147. The summed E-state index contributed by atoms with van der Waals surface area (Å²) >= 11 is 0. The second-order valence-electron chi connectivity index (χ2n) is 3.05. The number of rotatable bonds is 3. The van der Waals surface area contributed by atoms with E-state index in [1.165, 1.54) is 18.4 Å². The van der Waals surface area contributed by atoms with E-state index < -0.39 is 0 Å². The normalized spacial score (nSPS) is 24.5. The van der Waals surface area contributed by atoms with Crippen molar-refractivity contribution < 1.29 is 4.79 Å². The van der Waals surface area contributed by atoms with Crippen LogP contribution in [-0.4, -0.2) is 6.29 Å². The second kappa shape index (κ2) is 3.55. The lowest BCUT2D eigenvalue weighted by Gasteiger charge is -1.93. The Kier molecular flexibility index (Phi) is 2.67. The molecule has 1 atom stereocenters. The van der Waals surface area contributed by atoms with Gasteiger partial charge in [-0.05, 0) is 25.2 Å². The van der Waals surface area contributed by atoms with Crippen LogP contribution in [0.25, 0.3) is 0 Å². The van der Waals surface area contributed by atoms with E-state index in [2.05, 4.69) is 13.0 Å². The van der Waals surface area contributed by atoms with Crippen molar-refractivity contribution in [1.29, 1.82) is 0 Å². The first-order valence-corrected chi connectivity index (χ1v) is 3.96. The van der Waals surface area contributed by atoms with E-state index in [-0.39, 0.29) is 0 Å². The topological polar surface area (TPSA) is 17.1 Å². The summed E-state index contributed by atoms with van der Waals surface area (Å²) in [6.07, 6.45) is 7.52. The van der Waals surface area contributed by atoms with Crippen LogP contribution in [0.3, 0.4) is 0 Å². The fourth-order valence-electron chi connectivity index (χ4n) is 1.43. The van der Waals surface area contributed by atoms with E-state index in [0.29, 0.717) is 6.42 Å². The van der Waals surface area contributed by atoms with Crippen molar-refractivity contribution in [3.63, 3.8) is 0 Å². The summed E-state index contributed by atoms with van der Waals surface area (Å²) in [6.45, 7) is 2.23. The van der Waals surface area contributed by atoms with Crippen molar-refractivity contribution in [1.82, 2.24) is 0 Å². The van der Waals surface area contributed by atoms with E-state index >= 15 is 0 Å². The van der Waals surface area contributed by atoms with Crippen LogP contribution in [-0.2, 0) is 4.79 Å². The van der Waals surface area contributed by atoms with Crippen LogP contribution in [0.15, 0.2) is 11.6 Å². The van der Waals surface area contributed by atoms with Gasteiger partial charge in [0.1, 0.15) is 6.29 Å². The maximum Gasteiger partial charge on any atom is 0.120 e. The van der Waals surface area contributed by atoms with E-state index in [1.807, 2.05) is 0 Å². The Morgan fingerprint density at radius 2 is 2.60 bits per heavy atom. The molecule has 1 unspecified atom stereocenters. The summed E-state index contributed by atoms with van der Waals surface area (Å²) in [7, 11) is 0. The van der Waals surface area contributed by atoms with Gasteiger partial charge in [0.25, 0.3) is 0 Å². The lowest BCUT2D eigenvalue weighted by atomic mass is 10.1. The lowest BCUT2D eigenvalue weighted by Crippen LogP contribution is -1.79. The van der Waals surface area contributed by atoms with Crippen LogP contribution in [0.4, 0.5) is 0 Å². The lowest BCUT2D eigenvalue weighted by molar-refractivity contribution is -0.107. The SMILES string of the molecule is CC1C=C(CCC=O)CC1. The van der Waals surface area contributed by atoms with Gasteiger partial charge < -0.3 is 4.79 Å². The zero-order valence-electron chi connectivity index (χ0n) is 6.47. The smallest absolute Gasteiger partial charge is 0.120 e. The average molecular weight is 138 g/mol. The molecule has 1 aliphatic rings. The van der Waals surface area contributed by atoms with Gasteiger partial charge >= 0.3 is 0 Å². The van der Waals surface area contributed by atoms with Crippen LogP contribution in [0.5, 0.6) is 0 Å². The van der Waals surface area contributed by atoms with Gasteiger partial charge in [0, 0.05) is 6.42 Å². The summed E-state index contributed by atoms with van der Waals surface area (Å²) in [5.74, 6) is 0.752. The summed E-state index contributed by atoms with van der Waals surface area (Å²) in [4.78, 5) is 10.0. The standard InChI is InChI=1S/C9H14O/c1-8-4-5-9(7-8)3-2-6-10/h6-8H,2-5H2,1H3. The number of aldehydes is 1. The van der Waals surface area contributed by atoms with Gasteiger partial charge in [-0.3, -0.25) is 0 Å². The number of allylic oxidation sites excluding steroid dienone is 2. The molecule has 0 aromatic carbocycles. The monoisotopic (exact) mass is 138 g/mol. The van der Waals surface area contributed by atoms with E-state index in [9.17, 15) is 4.79 Å². The third-order valence-electron chi connectivity index (χ3n) is 2.02. The Morgan fingerprint density at radius 3 is 3.10 bits per heavy atom. The van der Waals surface area contributed by atoms with Crippen LogP contribution in [0.1, 0.15) is 32.6 Å². The second-order valence-corrected chi connectivity index (χ2v) is 3.05. The molecule has 1 heteroatoms. The predicted octanol–water partition coefficient (Wildman–Crippen LogP) is 2.32. The predicted molar refractivity (Wildman–Crippen MR) is 41.8 cm³/mol. The Morgan fingerprint density at radius 1 is 1.80 bits per heavy atom. The molecule has 56 valence electrons. The van der Waals surface area contributed by atoms with Crippen LogP contribution in [0, 0.1) is 5.92 Å². The summed E-state index contributed by atoms with van der Waals surface area (Å²) in [5, 5.41) is 0. The van der Waals surface area contributed by atoms with Crippen molar-refractivity contribution in [2.24, 2.45) is 5.92 Å². The average Bonchev–Trinajstić information content (AvgIpc) is 2.31. The number of hydrogen-bond acceptors (Lipinski definition) is 1. The van der Waals surface area contributed by atoms with Crippen molar-refractivity contribution in [2.75, 3.05) is 0 Å². The Balaban J connectivity index is 2.28. The van der Waals surface area contributed by atoms with E-state index in [4.69, 9.17) is 0 Å². The van der Waals surface area contributed by atoms with Gasteiger partial charge in [0.2, 0.25) is 0 Å². The number of carbonyl (C=O) groups is 1. The third-order valence-corrected chi connectivity index (χ3v) is 2.02. The maximum absolute atomic E-state index is 10.0. The highest BCUT2D eigenvalue weighted by Crippen LogP contribution is 2.25. The van der Waals surface area contributed by atoms with Gasteiger partial charge in [0.05, 0.1) is 0 Å². The number of carbonyl (C=O) groups excluding carboxylic acids is 1. The summed E-state index contributed by atoms with van der Waals surface area (Å²) in [6, 6.07) is 0. The first-order chi connectivity index (χ1) is 4.83. The van der Waals surface area contributed by atoms with Crippen LogP contribution < -0.4 is 0 Å². The highest BCUT2D eigenvalue weighted by Gasteiger charge is 2.09. The molecule has 0 spiro atoms. The molecule has 0 heterocycles. The molecule has 0 aromatic rings. The highest BCUT2D eigenvalue weighted by molar-refractivity contribution is 5.49. The molecular weight excluding hydrogens is 124 g/mol. The molecule has 0 saturated carbocycles. The molecular formula is C9H14O. The number of hydrogen-bond donors (Lipinski definition) is 0. The molecule has 1 aliphatic carbocycles. The van der Waals surface area contributed by atoms with Crippen molar-refractivity contribution in [3.05, 3.63) is 11.6 Å². The first-order valence-electron chi connectivity index (χ1n) is 3.96. The summed E-state index contributed by atoms with van der Waals surface area (Å²) < 4.78 is 0. The molecule has 0 aromatic heterocycles. The van der Waals surface area contributed by atoms with E-state index in [1.54, 1.807) is 0 Å². The Hall–Kier alpha value is -0.590. The molecule has 1 rings (SSSR count). The molecule has 0 bridgehead atoms. The zero-order valence-corrected chi connectivity index (χ0v) is 6.47. The molecule has 0 radical (unpaired) electrons. The van der Waals surface area contributed by atoms with Gasteiger partial charge in [-0.2, -0.15) is 0 Å². The zero-order chi connectivity index (χ0) is 7.40. The minimum Gasteiger partial charge on any atom is -0.303 e. The van der Waals surface area contributed by atoms with Gasteiger partial charge in [-0.1, -0.05) is 18.6 Å². The maximum atomic E-state index is 10.0. The van der Waals surface area contributed by atoms with Gasteiger partial charge in [-0.15, -0.1) is 0 Å². The molecule has 0 saturated heterocycles. The summed E-state index contributed by atoms with van der Waals surface area (Å²) in [5.41, 5.74) is 1.49. The van der Waals surface area contributed by atoms with Gasteiger partial charge in [0.15, 0.2) is 0 Å². The molecule has 0 aliphatic heterocycles. The van der Waals surface area contributed by atoms with Gasteiger partial charge in [-0.25, -0.2) is 0 Å².